The molecule has 0 aliphatic rings. The number of hydrogen-bond donors (Lipinski definition) is 2. The topological polar surface area (TPSA) is 134 Å². The number of rotatable bonds is 55. The maximum atomic E-state index is 12.7. The zero-order chi connectivity index (χ0) is 50.2. The van der Waals surface area contributed by atoms with Gasteiger partial charge >= 0.3 is 19.8 Å². The molecule has 0 aromatic rings. The fraction of sp³-hybridized carbons (Fsp3) is 0.831. The molecule has 0 aliphatic carbocycles. The van der Waals surface area contributed by atoms with E-state index in [2.05, 4.69) is 62.5 Å². The van der Waals surface area contributed by atoms with Gasteiger partial charge in [0.15, 0.2) is 6.10 Å². The van der Waals surface area contributed by atoms with Crippen LogP contribution < -0.4 is 5.73 Å². The quantitative estimate of drug-likeness (QED) is 0.0264. The van der Waals surface area contributed by atoms with Crippen LogP contribution in [0.15, 0.2) is 48.6 Å². The first kappa shape index (κ1) is 67.0. The molecule has 0 saturated carbocycles. The number of carbonyl (C=O) groups excluding carboxylic acids is 2. The molecule has 404 valence electrons. The molecule has 0 aromatic heterocycles. The minimum atomic E-state index is -4.39. The predicted molar refractivity (Wildman–Crippen MR) is 293 cm³/mol. The number of ether oxygens (including phenoxy) is 2. The van der Waals surface area contributed by atoms with E-state index >= 15 is 0 Å². The van der Waals surface area contributed by atoms with Gasteiger partial charge in [-0.05, 0) is 77.0 Å². The summed E-state index contributed by atoms with van der Waals surface area (Å²) in [4.78, 5) is 35.1. The van der Waals surface area contributed by atoms with Gasteiger partial charge < -0.3 is 20.1 Å². The zero-order valence-electron chi connectivity index (χ0n) is 45.1. The van der Waals surface area contributed by atoms with Crippen LogP contribution in [0.25, 0.3) is 0 Å². The molecule has 0 spiro atoms. The van der Waals surface area contributed by atoms with E-state index in [1.54, 1.807) is 0 Å². The molecule has 0 rings (SSSR count). The SMILES string of the molecule is CCCCCCC/C=C\C/C=C\C/C=C\CCCCCCCCCCCCCCCCCCC(=O)OC(COC(=O)CCCCCCCCC/C=C\CCCCCCCC)COP(=O)(O)OCCN. The molecule has 69 heavy (non-hydrogen) atoms. The van der Waals surface area contributed by atoms with Gasteiger partial charge in [-0.3, -0.25) is 18.6 Å². The summed E-state index contributed by atoms with van der Waals surface area (Å²) in [7, 11) is -4.39. The van der Waals surface area contributed by atoms with E-state index in [9.17, 15) is 19.0 Å². The van der Waals surface area contributed by atoms with Crippen molar-refractivity contribution in [2.75, 3.05) is 26.4 Å². The number of carbonyl (C=O) groups is 2. The van der Waals surface area contributed by atoms with Gasteiger partial charge in [0.25, 0.3) is 0 Å². The molecule has 0 bridgehead atoms. The van der Waals surface area contributed by atoms with Crippen LogP contribution in [0.1, 0.15) is 284 Å². The second-order valence-electron chi connectivity index (χ2n) is 19.5. The molecule has 0 radical (unpaired) electrons. The van der Waals surface area contributed by atoms with Crippen molar-refractivity contribution >= 4 is 19.8 Å². The van der Waals surface area contributed by atoms with Gasteiger partial charge in [0.05, 0.1) is 13.2 Å². The summed E-state index contributed by atoms with van der Waals surface area (Å²) in [6, 6.07) is 0. The summed E-state index contributed by atoms with van der Waals surface area (Å²) in [6.07, 6.45) is 67.4. The molecule has 0 aliphatic heterocycles. The van der Waals surface area contributed by atoms with Crippen molar-refractivity contribution in [3.63, 3.8) is 0 Å². The minimum Gasteiger partial charge on any atom is -0.462 e. The number of hydrogen-bond acceptors (Lipinski definition) is 8. The third kappa shape index (κ3) is 55.1. The summed E-state index contributed by atoms with van der Waals surface area (Å²) in [5.74, 6) is -0.823. The number of unbranched alkanes of at least 4 members (excludes halogenated alkanes) is 34. The Hall–Kier alpha value is -2.03. The Morgan fingerprint density at radius 2 is 0.754 bits per heavy atom. The standard InChI is InChI=1S/C59H110NO8P/c1-3-5-7-9-11-13-15-17-19-21-22-23-24-25-26-27-28-29-30-31-32-33-34-36-38-40-42-44-46-48-50-52-59(62)68-57(56-67-69(63,64)66-54-53-60)55-65-58(61)51-49-47-45-43-41-39-37-35-20-18-16-14-12-10-8-6-4-2/h15,17-18,20-22,24-25,57H,3-14,16,19,23,26-56,60H2,1-2H3,(H,63,64)/b17-15-,20-18-,22-21-,25-24-. The molecule has 9 nitrogen and oxygen atoms in total. The Morgan fingerprint density at radius 1 is 0.435 bits per heavy atom. The summed E-state index contributed by atoms with van der Waals surface area (Å²) in [5, 5.41) is 0. The van der Waals surface area contributed by atoms with E-state index in [0.29, 0.717) is 6.42 Å². The fourth-order valence-electron chi connectivity index (χ4n) is 8.35. The zero-order valence-corrected chi connectivity index (χ0v) is 45.9. The first-order chi connectivity index (χ1) is 33.8. The van der Waals surface area contributed by atoms with Crippen LogP contribution in [0.3, 0.4) is 0 Å². The molecule has 0 heterocycles. The number of allylic oxidation sites excluding steroid dienone is 8. The Bertz CT molecular complexity index is 1270. The molecule has 0 saturated heterocycles. The van der Waals surface area contributed by atoms with Crippen molar-refractivity contribution in [2.45, 2.75) is 290 Å². The van der Waals surface area contributed by atoms with Crippen LogP contribution in [0.5, 0.6) is 0 Å². The van der Waals surface area contributed by atoms with Crippen molar-refractivity contribution in [2.24, 2.45) is 5.73 Å². The highest BCUT2D eigenvalue weighted by molar-refractivity contribution is 7.47. The van der Waals surface area contributed by atoms with Gasteiger partial charge in [0.1, 0.15) is 6.61 Å². The largest absolute Gasteiger partial charge is 0.472 e. The number of phosphoric ester groups is 1. The van der Waals surface area contributed by atoms with E-state index in [-0.39, 0.29) is 38.6 Å². The predicted octanol–water partition coefficient (Wildman–Crippen LogP) is 18.2. The summed E-state index contributed by atoms with van der Waals surface area (Å²) >= 11 is 0. The third-order valence-corrected chi connectivity index (χ3v) is 13.7. The molecule has 2 atom stereocenters. The molecular formula is C59H110NO8P. The fourth-order valence-corrected chi connectivity index (χ4v) is 9.11. The van der Waals surface area contributed by atoms with Crippen LogP contribution in [-0.4, -0.2) is 49.3 Å². The molecule has 0 amide bonds. The first-order valence-electron chi connectivity index (χ1n) is 29.1. The Kier molecular flexibility index (Phi) is 53.7. The van der Waals surface area contributed by atoms with Crippen LogP contribution in [0.4, 0.5) is 0 Å². The molecule has 10 heteroatoms. The van der Waals surface area contributed by atoms with Crippen molar-refractivity contribution in [3.8, 4) is 0 Å². The van der Waals surface area contributed by atoms with Gasteiger partial charge in [0.2, 0.25) is 0 Å². The molecule has 0 fully saturated rings. The average Bonchev–Trinajstić information content (AvgIpc) is 3.34. The minimum absolute atomic E-state index is 0.0531. The number of nitrogens with two attached hydrogens (primary N) is 1. The van der Waals surface area contributed by atoms with Crippen molar-refractivity contribution in [3.05, 3.63) is 48.6 Å². The van der Waals surface area contributed by atoms with Crippen LogP contribution in [0.2, 0.25) is 0 Å². The Balaban J connectivity index is 3.92. The van der Waals surface area contributed by atoms with Crippen molar-refractivity contribution in [1.82, 2.24) is 0 Å². The molecule has 2 unspecified atom stereocenters. The lowest BCUT2D eigenvalue weighted by Gasteiger charge is -2.19. The van der Waals surface area contributed by atoms with E-state index in [1.165, 1.54) is 186 Å². The second kappa shape index (κ2) is 55.3. The highest BCUT2D eigenvalue weighted by atomic mass is 31.2. The van der Waals surface area contributed by atoms with E-state index in [0.717, 1.165) is 64.2 Å². The highest BCUT2D eigenvalue weighted by Crippen LogP contribution is 2.43. The third-order valence-electron chi connectivity index (χ3n) is 12.7. The smallest absolute Gasteiger partial charge is 0.462 e. The number of phosphoric acid groups is 1. The maximum absolute atomic E-state index is 12.7. The van der Waals surface area contributed by atoms with Crippen LogP contribution in [-0.2, 0) is 32.7 Å². The van der Waals surface area contributed by atoms with Gasteiger partial charge in [-0.25, -0.2) is 4.57 Å². The van der Waals surface area contributed by atoms with Gasteiger partial charge in [-0.2, -0.15) is 0 Å². The Morgan fingerprint density at radius 3 is 1.13 bits per heavy atom. The second-order valence-corrected chi connectivity index (χ2v) is 21.0. The summed E-state index contributed by atoms with van der Waals surface area (Å²) in [6.45, 7) is 3.75. The van der Waals surface area contributed by atoms with Crippen molar-refractivity contribution < 1.29 is 37.6 Å². The van der Waals surface area contributed by atoms with Gasteiger partial charge in [-0.1, -0.05) is 242 Å². The lowest BCUT2D eigenvalue weighted by molar-refractivity contribution is -0.161. The lowest BCUT2D eigenvalue weighted by Crippen LogP contribution is -2.29. The van der Waals surface area contributed by atoms with E-state index in [4.69, 9.17) is 24.3 Å². The van der Waals surface area contributed by atoms with E-state index in [1.807, 2.05) is 0 Å². The monoisotopic (exact) mass is 992 g/mol. The Labute approximate surface area is 426 Å². The molecule has 0 aromatic carbocycles. The van der Waals surface area contributed by atoms with Crippen LogP contribution >= 0.6 is 7.82 Å². The molecular weight excluding hydrogens is 882 g/mol. The van der Waals surface area contributed by atoms with Gasteiger partial charge in [-0.15, -0.1) is 0 Å². The van der Waals surface area contributed by atoms with Crippen LogP contribution in [0, 0.1) is 0 Å². The molecule has 3 N–H and O–H groups in total. The lowest BCUT2D eigenvalue weighted by atomic mass is 10.0. The number of esters is 2. The van der Waals surface area contributed by atoms with Crippen molar-refractivity contribution in [1.29, 1.82) is 0 Å². The first-order valence-corrected chi connectivity index (χ1v) is 30.6. The maximum Gasteiger partial charge on any atom is 0.472 e. The van der Waals surface area contributed by atoms with E-state index < -0.39 is 26.5 Å². The average molecular weight is 993 g/mol. The summed E-state index contributed by atoms with van der Waals surface area (Å²) < 4.78 is 33.0. The normalized spacial score (nSPS) is 13.4. The van der Waals surface area contributed by atoms with Gasteiger partial charge in [0, 0.05) is 19.4 Å². The summed E-state index contributed by atoms with van der Waals surface area (Å²) in [5.41, 5.74) is 5.38. The highest BCUT2D eigenvalue weighted by Gasteiger charge is 2.26.